The number of carboxylic acids is 1. The van der Waals surface area contributed by atoms with E-state index >= 15 is 0 Å². The van der Waals surface area contributed by atoms with Crippen LogP contribution in [0.25, 0.3) is 0 Å². The topological polar surface area (TPSA) is 158 Å². The van der Waals surface area contributed by atoms with Crippen molar-refractivity contribution < 1.29 is 46.8 Å². The van der Waals surface area contributed by atoms with Gasteiger partial charge < -0.3 is 19.4 Å². The Morgan fingerprint density at radius 1 is 0.723 bits per heavy atom. The van der Waals surface area contributed by atoms with E-state index in [4.69, 9.17) is 14.4 Å². The number of quaternary nitrogens is 1. The van der Waals surface area contributed by atoms with E-state index in [1.54, 1.807) is 0 Å². The monoisotopic (exact) mass is 657 g/mol. The Labute approximate surface area is 273 Å². The van der Waals surface area contributed by atoms with E-state index < -0.39 is 32.3 Å². The Morgan fingerprint density at radius 3 is 1.64 bits per heavy atom. The SMILES string of the molecule is O=C(O)c1cc(S(=O)(=O)O)ccc1[O-].O=C(c1ccccc1)C1C[N+]2(CCOCC2)CC(C(=O)c2ccccc2)C1c1ccccc1. The number of carbonyl (C=O) groups excluding carboxylic acids is 2. The van der Waals surface area contributed by atoms with Crippen LogP contribution in [0.3, 0.4) is 0 Å². The molecule has 2 aliphatic heterocycles. The first-order valence-corrected chi connectivity index (χ1v) is 16.6. The highest BCUT2D eigenvalue weighted by atomic mass is 32.2. The zero-order valence-electron chi connectivity index (χ0n) is 25.5. The third-order valence-electron chi connectivity index (χ3n) is 8.91. The Hall–Kier alpha value is -4.68. The van der Waals surface area contributed by atoms with Crippen molar-refractivity contribution in [2.45, 2.75) is 10.8 Å². The summed E-state index contributed by atoms with van der Waals surface area (Å²) in [6.07, 6.45) is 0. The second kappa shape index (κ2) is 14.4. The number of piperidine rings is 1. The van der Waals surface area contributed by atoms with Gasteiger partial charge in [-0.15, -0.1) is 0 Å². The zero-order chi connectivity index (χ0) is 33.6. The lowest BCUT2D eigenvalue weighted by atomic mass is 9.67. The fraction of sp³-hybridized carbons (Fsp3) is 0.250. The first-order chi connectivity index (χ1) is 22.5. The molecule has 0 aromatic heterocycles. The minimum Gasteiger partial charge on any atom is -0.872 e. The maximum atomic E-state index is 14.0. The van der Waals surface area contributed by atoms with Crippen LogP contribution in [0.2, 0.25) is 0 Å². The largest absolute Gasteiger partial charge is 0.872 e. The van der Waals surface area contributed by atoms with Gasteiger partial charge in [-0.2, -0.15) is 8.42 Å². The molecule has 0 aliphatic carbocycles. The summed E-state index contributed by atoms with van der Waals surface area (Å²) in [7, 11) is -4.48. The second-order valence-corrected chi connectivity index (χ2v) is 13.2. The van der Waals surface area contributed by atoms with Crippen LogP contribution in [0.4, 0.5) is 0 Å². The molecule has 4 aromatic carbocycles. The molecule has 2 unspecified atom stereocenters. The summed E-state index contributed by atoms with van der Waals surface area (Å²) in [4.78, 5) is 37.7. The molecule has 0 saturated carbocycles. The molecule has 0 radical (unpaired) electrons. The van der Waals surface area contributed by atoms with Crippen molar-refractivity contribution in [3.63, 3.8) is 0 Å². The Morgan fingerprint density at radius 2 is 1.19 bits per heavy atom. The molecule has 0 amide bonds. The summed E-state index contributed by atoms with van der Waals surface area (Å²) in [5.41, 5.74) is 1.83. The molecule has 2 N–H and O–H groups in total. The molecule has 6 rings (SSSR count). The standard InChI is InChI=1S/C29H30NO3.C7H6O6S/c31-28(23-12-6-2-7-13-23)25-20-30(16-18-33-19-17-30)21-26(27(25)22-10-4-1-5-11-22)29(32)24-14-8-3-9-15-24;8-6-2-1-4(14(11,12)13)3-5(6)7(9)10/h1-15,25-27H,16-21H2;1-3,8H,(H,9,10)(H,11,12,13)/q+1;/p-1. The van der Waals surface area contributed by atoms with Crippen LogP contribution >= 0.6 is 0 Å². The summed E-state index contributed by atoms with van der Waals surface area (Å²) >= 11 is 0. The van der Waals surface area contributed by atoms with Gasteiger partial charge in [-0.3, -0.25) is 14.1 Å². The number of ether oxygens (including phenoxy) is 1. The summed E-state index contributed by atoms with van der Waals surface area (Å²) in [6.45, 7) is 4.53. The number of rotatable bonds is 7. The number of morpholine rings is 1. The maximum absolute atomic E-state index is 14.0. The van der Waals surface area contributed by atoms with Gasteiger partial charge >= 0.3 is 5.97 Å². The first kappa shape index (κ1) is 33.7. The number of ketones is 2. The van der Waals surface area contributed by atoms with Gasteiger partial charge in [0.15, 0.2) is 11.6 Å². The molecule has 1 spiro atoms. The number of benzene rings is 4. The van der Waals surface area contributed by atoms with Crippen LogP contribution in [0.15, 0.2) is 114 Å². The summed E-state index contributed by atoms with van der Waals surface area (Å²) in [6, 6.07) is 31.5. The van der Waals surface area contributed by atoms with Gasteiger partial charge in [-0.05, 0) is 17.7 Å². The highest BCUT2D eigenvalue weighted by Crippen LogP contribution is 2.43. The highest BCUT2D eigenvalue weighted by molar-refractivity contribution is 7.85. The van der Waals surface area contributed by atoms with Crippen molar-refractivity contribution in [1.82, 2.24) is 0 Å². The van der Waals surface area contributed by atoms with E-state index in [2.05, 4.69) is 12.1 Å². The number of hydrogen-bond acceptors (Lipinski definition) is 7. The summed E-state index contributed by atoms with van der Waals surface area (Å²) in [5, 5.41) is 19.4. The van der Waals surface area contributed by atoms with Crippen LogP contribution in [-0.2, 0) is 14.9 Å². The van der Waals surface area contributed by atoms with Crippen LogP contribution in [0.5, 0.6) is 5.75 Å². The third-order valence-corrected chi connectivity index (χ3v) is 9.76. The number of carbonyl (C=O) groups is 3. The van der Waals surface area contributed by atoms with Crippen molar-refractivity contribution in [2.24, 2.45) is 11.8 Å². The summed E-state index contributed by atoms with van der Waals surface area (Å²) < 4.78 is 36.2. The van der Waals surface area contributed by atoms with E-state index in [-0.39, 0.29) is 29.3 Å². The molecule has 2 aliphatic rings. The van der Waals surface area contributed by atoms with Gasteiger partial charge in [-0.25, -0.2) is 4.79 Å². The normalized spacial score (nSPS) is 20.4. The van der Waals surface area contributed by atoms with E-state index in [9.17, 15) is 27.9 Å². The quantitative estimate of drug-likeness (QED) is 0.168. The van der Waals surface area contributed by atoms with Gasteiger partial charge in [0.2, 0.25) is 0 Å². The highest BCUT2D eigenvalue weighted by Gasteiger charge is 2.52. The minimum atomic E-state index is -4.48. The van der Waals surface area contributed by atoms with E-state index in [0.717, 1.165) is 59.5 Å². The second-order valence-electron chi connectivity index (χ2n) is 11.8. The molecule has 2 saturated heterocycles. The number of hydrogen-bond donors (Lipinski definition) is 2. The van der Waals surface area contributed by atoms with Crippen molar-refractivity contribution in [1.29, 1.82) is 0 Å². The Bertz CT molecular complexity index is 1760. The van der Waals surface area contributed by atoms with Crippen LogP contribution < -0.4 is 5.11 Å². The lowest BCUT2D eigenvalue weighted by molar-refractivity contribution is -0.944. The molecule has 0 bridgehead atoms. The third kappa shape index (κ3) is 7.83. The van der Waals surface area contributed by atoms with Crippen molar-refractivity contribution in [2.75, 3.05) is 39.4 Å². The van der Waals surface area contributed by atoms with Crippen LogP contribution in [0.1, 0.15) is 42.6 Å². The Balaban J connectivity index is 0.000000261. The average molecular weight is 658 g/mol. The maximum Gasteiger partial charge on any atom is 0.335 e. The molecule has 2 heterocycles. The van der Waals surface area contributed by atoms with Crippen LogP contribution in [0, 0.1) is 11.8 Å². The fourth-order valence-electron chi connectivity index (χ4n) is 6.61. The molecule has 11 heteroatoms. The van der Waals surface area contributed by atoms with Crippen molar-refractivity contribution in [3.8, 4) is 5.75 Å². The predicted molar refractivity (Wildman–Crippen MR) is 171 cm³/mol. The van der Waals surface area contributed by atoms with Gasteiger partial charge in [0.05, 0.1) is 48.6 Å². The molecule has 4 aromatic rings. The number of carboxylic acid groups (broad SMARTS) is 1. The Kier molecular flexibility index (Phi) is 10.3. The number of nitrogens with zero attached hydrogens (tertiary/aromatic N) is 1. The summed E-state index contributed by atoms with van der Waals surface area (Å²) in [5.74, 6) is -2.76. The zero-order valence-corrected chi connectivity index (χ0v) is 26.3. The number of Topliss-reactive ketones (excluding diaryl/α,β-unsaturated/α-hetero) is 2. The molecular weight excluding hydrogens is 622 g/mol. The van der Waals surface area contributed by atoms with E-state index in [1.807, 2.05) is 78.9 Å². The molecular formula is C36H35NO9S. The average Bonchev–Trinajstić information content (AvgIpc) is 3.08. The lowest BCUT2D eigenvalue weighted by Gasteiger charge is -2.51. The fourth-order valence-corrected chi connectivity index (χ4v) is 7.12. The van der Waals surface area contributed by atoms with E-state index in [0.29, 0.717) is 19.3 Å². The molecule has 2 atom stereocenters. The minimum absolute atomic E-state index is 0.138. The molecule has 10 nitrogen and oxygen atoms in total. The number of aromatic carboxylic acids is 1. The predicted octanol–water partition coefficient (Wildman–Crippen LogP) is 4.33. The van der Waals surface area contributed by atoms with E-state index in [1.165, 1.54) is 0 Å². The van der Waals surface area contributed by atoms with Gasteiger partial charge in [0.25, 0.3) is 10.1 Å². The molecule has 244 valence electrons. The van der Waals surface area contributed by atoms with Gasteiger partial charge in [-0.1, -0.05) is 103 Å². The van der Waals surface area contributed by atoms with Gasteiger partial charge in [0, 0.05) is 17.0 Å². The molecule has 2 fully saturated rings. The first-order valence-electron chi connectivity index (χ1n) is 15.2. The van der Waals surface area contributed by atoms with Crippen molar-refractivity contribution in [3.05, 3.63) is 131 Å². The lowest BCUT2D eigenvalue weighted by Crippen LogP contribution is -2.65. The smallest absolute Gasteiger partial charge is 0.335 e. The van der Waals surface area contributed by atoms with Crippen LogP contribution in [-0.4, -0.2) is 79.5 Å². The van der Waals surface area contributed by atoms with Gasteiger partial charge in [0.1, 0.15) is 13.1 Å². The van der Waals surface area contributed by atoms with Crippen molar-refractivity contribution >= 4 is 27.7 Å². The molecule has 47 heavy (non-hydrogen) atoms.